The molecule has 2 amide bonds. The number of hydrogen-bond acceptors (Lipinski definition) is 3. The van der Waals surface area contributed by atoms with Crippen LogP contribution in [-0.4, -0.2) is 28.6 Å². The van der Waals surface area contributed by atoms with Gasteiger partial charge in [-0.15, -0.1) is 0 Å². The van der Waals surface area contributed by atoms with Crippen molar-refractivity contribution in [2.45, 2.75) is 0 Å². The molecule has 0 unspecified atom stereocenters. The lowest BCUT2D eigenvalue weighted by atomic mass is 10.1. The van der Waals surface area contributed by atoms with E-state index in [0.717, 1.165) is 5.69 Å². The van der Waals surface area contributed by atoms with Gasteiger partial charge in [0.15, 0.2) is 0 Å². The summed E-state index contributed by atoms with van der Waals surface area (Å²) in [6.07, 6.45) is 3.53. The number of rotatable bonds is 4. The van der Waals surface area contributed by atoms with Gasteiger partial charge in [-0.2, -0.15) is 5.10 Å². The first-order valence-electron chi connectivity index (χ1n) is 7.41. The van der Waals surface area contributed by atoms with Crippen LogP contribution >= 0.6 is 0 Å². The standard InChI is InChI=1S/C18H16N4O2/c1-19-17(23)13-3-7-15(8-4-13)21-18(24)14-5-9-16(10-6-14)22-12-2-11-20-22/h2-12H,1H3,(H,19,23)(H,21,24). The number of anilines is 1. The highest BCUT2D eigenvalue weighted by atomic mass is 16.2. The van der Waals surface area contributed by atoms with Crippen molar-refractivity contribution in [3.05, 3.63) is 78.1 Å². The zero-order valence-corrected chi connectivity index (χ0v) is 13.1. The van der Waals surface area contributed by atoms with Crippen molar-refractivity contribution in [1.29, 1.82) is 0 Å². The third-order valence-corrected chi connectivity index (χ3v) is 3.53. The van der Waals surface area contributed by atoms with Crippen molar-refractivity contribution in [3.63, 3.8) is 0 Å². The second-order valence-corrected chi connectivity index (χ2v) is 5.11. The molecule has 0 atom stereocenters. The monoisotopic (exact) mass is 320 g/mol. The van der Waals surface area contributed by atoms with Crippen molar-refractivity contribution in [3.8, 4) is 5.69 Å². The largest absolute Gasteiger partial charge is 0.355 e. The fourth-order valence-electron chi connectivity index (χ4n) is 2.24. The van der Waals surface area contributed by atoms with Crippen LogP contribution in [0.5, 0.6) is 0 Å². The maximum absolute atomic E-state index is 12.3. The molecule has 0 spiro atoms. The van der Waals surface area contributed by atoms with Gasteiger partial charge in [-0.3, -0.25) is 9.59 Å². The van der Waals surface area contributed by atoms with Gasteiger partial charge in [0.05, 0.1) is 5.69 Å². The number of amides is 2. The summed E-state index contributed by atoms with van der Waals surface area (Å²) in [6, 6.07) is 15.7. The van der Waals surface area contributed by atoms with Gasteiger partial charge in [-0.05, 0) is 54.6 Å². The van der Waals surface area contributed by atoms with E-state index in [1.54, 1.807) is 54.3 Å². The predicted octanol–water partition coefficient (Wildman–Crippen LogP) is 2.48. The number of benzene rings is 2. The van der Waals surface area contributed by atoms with E-state index in [4.69, 9.17) is 0 Å². The third kappa shape index (κ3) is 3.33. The second-order valence-electron chi connectivity index (χ2n) is 5.11. The van der Waals surface area contributed by atoms with Crippen LogP contribution in [0.25, 0.3) is 5.69 Å². The summed E-state index contributed by atoms with van der Waals surface area (Å²) in [5, 5.41) is 9.50. The van der Waals surface area contributed by atoms with Gasteiger partial charge in [0.25, 0.3) is 11.8 Å². The van der Waals surface area contributed by atoms with Crippen molar-refractivity contribution in [2.75, 3.05) is 12.4 Å². The molecular formula is C18H16N4O2. The van der Waals surface area contributed by atoms with E-state index in [-0.39, 0.29) is 11.8 Å². The van der Waals surface area contributed by atoms with Gasteiger partial charge in [-0.1, -0.05) is 0 Å². The Hall–Kier alpha value is -3.41. The smallest absolute Gasteiger partial charge is 0.255 e. The lowest BCUT2D eigenvalue weighted by Gasteiger charge is -2.07. The first-order chi connectivity index (χ1) is 11.7. The van der Waals surface area contributed by atoms with Crippen molar-refractivity contribution in [1.82, 2.24) is 15.1 Å². The molecule has 1 heterocycles. The van der Waals surface area contributed by atoms with E-state index in [2.05, 4.69) is 15.7 Å². The third-order valence-electron chi connectivity index (χ3n) is 3.53. The van der Waals surface area contributed by atoms with Crippen LogP contribution in [0.2, 0.25) is 0 Å². The van der Waals surface area contributed by atoms with Crippen LogP contribution in [0.3, 0.4) is 0 Å². The Labute approximate surface area is 139 Å². The maximum Gasteiger partial charge on any atom is 0.255 e. The van der Waals surface area contributed by atoms with Gasteiger partial charge in [-0.25, -0.2) is 4.68 Å². The first kappa shape index (κ1) is 15.5. The lowest BCUT2D eigenvalue weighted by Crippen LogP contribution is -2.17. The highest BCUT2D eigenvalue weighted by molar-refractivity contribution is 6.04. The van der Waals surface area contributed by atoms with E-state index in [1.807, 2.05) is 24.4 Å². The van der Waals surface area contributed by atoms with Crippen LogP contribution in [0.15, 0.2) is 67.0 Å². The SMILES string of the molecule is CNC(=O)c1ccc(NC(=O)c2ccc(-n3cccn3)cc2)cc1. The number of carbonyl (C=O) groups is 2. The summed E-state index contributed by atoms with van der Waals surface area (Å²) >= 11 is 0. The molecule has 0 aliphatic heterocycles. The van der Waals surface area contributed by atoms with E-state index >= 15 is 0 Å². The molecule has 0 fully saturated rings. The Bertz CT molecular complexity index is 838. The summed E-state index contributed by atoms with van der Waals surface area (Å²) in [7, 11) is 1.57. The Morgan fingerprint density at radius 3 is 2.12 bits per heavy atom. The fourth-order valence-corrected chi connectivity index (χ4v) is 2.24. The average Bonchev–Trinajstić information content (AvgIpc) is 3.16. The average molecular weight is 320 g/mol. The quantitative estimate of drug-likeness (QED) is 0.775. The summed E-state index contributed by atoms with van der Waals surface area (Å²) < 4.78 is 1.72. The van der Waals surface area contributed by atoms with Crippen molar-refractivity contribution in [2.24, 2.45) is 0 Å². The number of nitrogens with one attached hydrogen (secondary N) is 2. The first-order valence-corrected chi connectivity index (χ1v) is 7.41. The Kier molecular flexibility index (Phi) is 4.38. The van der Waals surface area contributed by atoms with Crippen LogP contribution < -0.4 is 10.6 Å². The number of nitrogens with zero attached hydrogens (tertiary/aromatic N) is 2. The van der Waals surface area contributed by atoms with Gasteiger partial charge >= 0.3 is 0 Å². The molecule has 3 rings (SSSR count). The summed E-state index contributed by atoms with van der Waals surface area (Å²) in [5.74, 6) is -0.378. The molecule has 0 aliphatic rings. The Morgan fingerprint density at radius 1 is 0.917 bits per heavy atom. The zero-order chi connectivity index (χ0) is 16.9. The van der Waals surface area contributed by atoms with Crippen LogP contribution in [0, 0.1) is 0 Å². The van der Waals surface area contributed by atoms with Gasteiger partial charge in [0.1, 0.15) is 0 Å². The predicted molar refractivity (Wildman–Crippen MR) is 91.3 cm³/mol. The van der Waals surface area contributed by atoms with Gasteiger partial charge in [0.2, 0.25) is 0 Å². The second kappa shape index (κ2) is 6.78. The molecule has 0 bridgehead atoms. The Morgan fingerprint density at radius 2 is 1.54 bits per heavy atom. The van der Waals surface area contributed by atoms with Crippen LogP contribution in [0.1, 0.15) is 20.7 Å². The van der Waals surface area contributed by atoms with Gasteiger partial charge < -0.3 is 10.6 Å². The molecule has 3 aromatic rings. The molecule has 120 valence electrons. The number of carbonyl (C=O) groups excluding carboxylic acids is 2. The zero-order valence-electron chi connectivity index (χ0n) is 13.1. The summed E-state index contributed by atoms with van der Waals surface area (Å²) in [6.45, 7) is 0. The molecule has 0 saturated carbocycles. The summed E-state index contributed by atoms with van der Waals surface area (Å²) in [4.78, 5) is 23.8. The van der Waals surface area contributed by atoms with Gasteiger partial charge in [0, 0.05) is 36.3 Å². The molecule has 24 heavy (non-hydrogen) atoms. The maximum atomic E-state index is 12.3. The minimum atomic E-state index is -0.213. The van der Waals surface area contributed by atoms with E-state index < -0.39 is 0 Å². The minimum Gasteiger partial charge on any atom is -0.355 e. The number of aromatic nitrogens is 2. The molecule has 0 radical (unpaired) electrons. The highest BCUT2D eigenvalue weighted by Gasteiger charge is 2.08. The van der Waals surface area contributed by atoms with Crippen LogP contribution in [0.4, 0.5) is 5.69 Å². The normalized spacial score (nSPS) is 10.2. The lowest BCUT2D eigenvalue weighted by molar-refractivity contribution is 0.0962. The molecule has 0 aliphatic carbocycles. The molecule has 2 aromatic carbocycles. The molecule has 2 N–H and O–H groups in total. The highest BCUT2D eigenvalue weighted by Crippen LogP contribution is 2.13. The van der Waals surface area contributed by atoms with E-state index in [9.17, 15) is 9.59 Å². The minimum absolute atomic E-state index is 0.165. The fraction of sp³-hybridized carbons (Fsp3) is 0.0556. The van der Waals surface area contributed by atoms with E-state index in [1.165, 1.54) is 0 Å². The Balaban J connectivity index is 1.69. The molecular weight excluding hydrogens is 304 g/mol. The molecule has 0 saturated heterocycles. The van der Waals surface area contributed by atoms with Crippen molar-refractivity contribution < 1.29 is 9.59 Å². The number of hydrogen-bond donors (Lipinski definition) is 2. The summed E-state index contributed by atoms with van der Waals surface area (Å²) in [5.41, 5.74) is 2.59. The topological polar surface area (TPSA) is 76.0 Å². The molecule has 1 aromatic heterocycles. The van der Waals surface area contributed by atoms with E-state index in [0.29, 0.717) is 16.8 Å². The van der Waals surface area contributed by atoms with Crippen molar-refractivity contribution >= 4 is 17.5 Å². The molecule has 6 nitrogen and oxygen atoms in total. The van der Waals surface area contributed by atoms with Crippen LogP contribution in [-0.2, 0) is 0 Å². The molecule has 6 heteroatoms.